The third-order valence-corrected chi connectivity index (χ3v) is 4.42. The van der Waals surface area contributed by atoms with E-state index in [-0.39, 0.29) is 11.5 Å². The first-order chi connectivity index (χ1) is 9.16. The van der Waals surface area contributed by atoms with Gasteiger partial charge in [-0.1, -0.05) is 6.42 Å². The van der Waals surface area contributed by atoms with Gasteiger partial charge in [0.25, 0.3) is 5.91 Å². The van der Waals surface area contributed by atoms with Gasteiger partial charge in [-0.15, -0.1) is 0 Å². The van der Waals surface area contributed by atoms with Gasteiger partial charge in [0.1, 0.15) is 0 Å². The average molecular weight is 265 g/mol. The molecule has 1 aromatic rings. The first-order valence-electron chi connectivity index (χ1n) is 6.93. The smallest absolute Gasteiger partial charge is 0.254 e. The Labute approximate surface area is 111 Å². The number of carbonyl (C=O) groups is 1. The van der Waals surface area contributed by atoms with Crippen molar-refractivity contribution in [3.8, 4) is 0 Å². The van der Waals surface area contributed by atoms with Crippen molar-refractivity contribution in [1.82, 2.24) is 4.90 Å². The SMILES string of the molecule is O=C(c1ccc(F)c(F)c1)N1CCCC1C1CCC1. The van der Waals surface area contributed by atoms with Gasteiger partial charge in [0, 0.05) is 18.2 Å². The van der Waals surface area contributed by atoms with Crippen LogP contribution in [0.1, 0.15) is 42.5 Å². The van der Waals surface area contributed by atoms with E-state index in [1.54, 1.807) is 0 Å². The van der Waals surface area contributed by atoms with Crippen molar-refractivity contribution in [2.45, 2.75) is 38.1 Å². The number of halogens is 2. The summed E-state index contributed by atoms with van der Waals surface area (Å²) < 4.78 is 26.1. The van der Waals surface area contributed by atoms with Crippen LogP contribution in [0, 0.1) is 17.6 Å². The fourth-order valence-corrected chi connectivity index (χ4v) is 3.15. The zero-order chi connectivity index (χ0) is 13.4. The highest BCUT2D eigenvalue weighted by molar-refractivity contribution is 5.94. The van der Waals surface area contributed by atoms with Crippen LogP contribution in [0.25, 0.3) is 0 Å². The van der Waals surface area contributed by atoms with Crippen LogP contribution in [0.4, 0.5) is 8.78 Å². The summed E-state index contributed by atoms with van der Waals surface area (Å²) in [6.45, 7) is 0.735. The number of hydrogen-bond donors (Lipinski definition) is 0. The zero-order valence-corrected chi connectivity index (χ0v) is 10.7. The number of carbonyl (C=O) groups excluding carboxylic acids is 1. The maximum atomic E-state index is 13.2. The predicted octanol–water partition coefficient (Wildman–Crippen LogP) is 3.37. The Bertz CT molecular complexity index is 499. The molecule has 1 heterocycles. The first-order valence-corrected chi connectivity index (χ1v) is 6.93. The molecule has 0 aromatic heterocycles. The van der Waals surface area contributed by atoms with E-state index in [4.69, 9.17) is 0 Å². The molecule has 0 bridgehead atoms. The van der Waals surface area contributed by atoms with E-state index in [1.807, 2.05) is 4.90 Å². The lowest BCUT2D eigenvalue weighted by atomic mass is 9.78. The van der Waals surface area contributed by atoms with Crippen molar-refractivity contribution < 1.29 is 13.6 Å². The van der Waals surface area contributed by atoms with Crippen LogP contribution in [0.15, 0.2) is 18.2 Å². The van der Waals surface area contributed by atoms with Gasteiger partial charge in [-0.3, -0.25) is 4.79 Å². The molecule has 1 saturated carbocycles. The van der Waals surface area contributed by atoms with Gasteiger partial charge in [-0.2, -0.15) is 0 Å². The second kappa shape index (κ2) is 4.91. The average Bonchev–Trinajstić information content (AvgIpc) is 2.78. The summed E-state index contributed by atoms with van der Waals surface area (Å²) in [5, 5.41) is 0. The third-order valence-electron chi connectivity index (χ3n) is 4.42. The number of likely N-dealkylation sites (tertiary alicyclic amines) is 1. The maximum Gasteiger partial charge on any atom is 0.254 e. The molecule has 1 unspecified atom stereocenters. The van der Waals surface area contributed by atoms with Gasteiger partial charge in [-0.05, 0) is 49.8 Å². The number of rotatable bonds is 2. The monoisotopic (exact) mass is 265 g/mol. The molecule has 0 radical (unpaired) electrons. The van der Waals surface area contributed by atoms with E-state index >= 15 is 0 Å². The highest BCUT2D eigenvalue weighted by Crippen LogP contribution is 2.37. The summed E-state index contributed by atoms with van der Waals surface area (Å²) in [5.74, 6) is -1.41. The van der Waals surface area contributed by atoms with Crippen LogP contribution in [-0.2, 0) is 0 Å². The molecule has 0 spiro atoms. The van der Waals surface area contributed by atoms with Crippen molar-refractivity contribution in [2.24, 2.45) is 5.92 Å². The highest BCUT2D eigenvalue weighted by Gasteiger charge is 2.37. The van der Waals surface area contributed by atoms with Crippen LogP contribution in [-0.4, -0.2) is 23.4 Å². The minimum Gasteiger partial charge on any atom is -0.335 e. The lowest BCUT2D eigenvalue weighted by Gasteiger charge is -2.37. The zero-order valence-electron chi connectivity index (χ0n) is 10.7. The van der Waals surface area contributed by atoms with Gasteiger partial charge in [0.2, 0.25) is 0 Å². The fourth-order valence-electron chi connectivity index (χ4n) is 3.15. The van der Waals surface area contributed by atoms with Crippen LogP contribution in [0.2, 0.25) is 0 Å². The largest absolute Gasteiger partial charge is 0.335 e. The molecule has 3 rings (SSSR count). The summed E-state index contributed by atoms with van der Waals surface area (Å²) in [4.78, 5) is 14.3. The fraction of sp³-hybridized carbons (Fsp3) is 0.533. The number of hydrogen-bond acceptors (Lipinski definition) is 1. The molecule has 2 aliphatic rings. The molecule has 102 valence electrons. The summed E-state index contributed by atoms with van der Waals surface area (Å²) in [5.41, 5.74) is 0.255. The van der Waals surface area contributed by atoms with Crippen molar-refractivity contribution in [3.05, 3.63) is 35.4 Å². The number of benzene rings is 1. The summed E-state index contributed by atoms with van der Waals surface area (Å²) in [6, 6.07) is 3.70. The Morgan fingerprint density at radius 2 is 1.89 bits per heavy atom. The van der Waals surface area contributed by atoms with Crippen LogP contribution < -0.4 is 0 Å². The Kier molecular flexibility index (Phi) is 3.25. The first kappa shape index (κ1) is 12.6. The highest BCUT2D eigenvalue weighted by atomic mass is 19.2. The minimum absolute atomic E-state index is 0.159. The summed E-state index contributed by atoms with van der Waals surface area (Å²) >= 11 is 0. The molecule has 0 N–H and O–H groups in total. The number of nitrogens with zero attached hydrogens (tertiary/aromatic N) is 1. The van der Waals surface area contributed by atoms with Crippen molar-refractivity contribution in [3.63, 3.8) is 0 Å². The van der Waals surface area contributed by atoms with E-state index in [0.717, 1.165) is 31.5 Å². The van der Waals surface area contributed by atoms with E-state index < -0.39 is 11.6 Å². The molecule has 2 nitrogen and oxygen atoms in total. The van der Waals surface area contributed by atoms with E-state index in [0.29, 0.717) is 12.0 Å². The van der Waals surface area contributed by atoms with Gasteiger partial charge < -0.3 is 4.90 Å². The van der Waals surface area contributed by atoms with Gasteiger partial charge in [0.05, 0.1) is 0 Å². The van der Waals surface area contributed by atoms with E-state index in [1.165, 1.54) is 25.3 Å². The van der Waals surface area contributed by atoms with Gasteiger partial charge >= 0.3 is 0 Å². The van der Waals surface area contributed by atoms with E-state index in [9.17, 15) is 13.6 Å². The molecule has 19 heavy (non-hydrogen) atoms. The maximum absolute atomic E-state index is 13.2. The van der Waals surface area contributed by atoms with Crippen LogP contribution in [0.3, 0.4) is 0 Å². The molecule has 1 aliphatic carbocycles. The number of amides is 1. The third kappa shape index (κ3) is 2.24. The lowest BCUT2D eigenvalue weighted by molar-refractivity contribution is 0.0626. The second-order valence-corrected chi connectivity index (χ2v) is 5.53. The minimum atomic E-state index is -0.953. The Morgan fingerprint density at radius 3 is 2.53 bits per heavy atom. The Hall–Kier alpha value is -1.45. The molecule has 4 heteroatoms. The van der Waals surface area contributed by atoms with Gasteiger partial charge in [-0.25, -0.2) is 8.78 Å². The topological polar surface area (TPSA) is 20.3 Å². The molecule has 1 atom stereocenters. The molecule has 1 aliphatic heterocycles. The van der Waals surface area contributed by atoms with Crippen molar-refractivity contribution >= 4 is 5.91 Å². The lowest BCUT2D eigenvalue weighted by Crippen LogP contribution is -2.42. The summed E-state index contributed by atoms with van der Waals surface area (Å²) in [7, 11) is 0. The molecule has 1 aromatic carbocycles. The summed E-state index contributed by atoms with van der Waals surface area (Å²) in [6.07, 6.45) is 5.67. The normalized spacial score (nSPS) is 23.5. The van der Waals surface area contributed by atoms with Gasteiger partial charge in [0.15, 0.2) is 11.6 Å². The molecule has 2 fully saturated rings. The molecule has 1 saturated heterocycles. The standard InChI is InChI=1S/C15H17F2NO/c16-12-7-6-11(9-13(12)17)15(19)18-8-2-5-14(18)10-3-1-4-10/h6-7,9-10,14H,1-5,8H2. The Morgan fingerprint density at radius 1 is 1.11 bits per heavy atom. The van der Waals surface area contributed by atoms with Crippen molar-refractivity contribution in [2.75, 3.05) is 6.54 Å². The Balaban J connectivity index is 1.80. The van der Waals surface area contributed by atoms with E-state index in [2.05, 4.69) is 0 Å². The van der Waals surface area contributed by atoms with Crippen molar-refractivity contribution in [1.29, 1.82) is 0 Å². The predicted molar refractivity (Wildman–Crippen MR) is 67.8 cm³/mol. The second-order valence-electron chi connectivity index (χ2n) is 5.53. The molecule has 1 amide bonds. The molecular weight excluding hydrogens is 248 g/mol. The van der Waals surface area contributed by atoms with Crippen LogP contribution in [0.5, 0.6) is 0 Å². The van der Waals surface area contributed by atoms with Crippen LogP contribution >= 0.6 is 0 Å². The molecular formula is C15H17F2NO. The quantitative estimate of drug-likeness (QED) is 0.803.